The van der Waals surface area contributed by atoms with E-state index in [2.05, 4.69) is 17.6 Å². The average molecular weight is 196 g/mol. The number of thiol groups is 1. The molecule has 0 aliphatic carbocycles. The molecule has 0 bridgehead atoms. The first-order valence-electron chi connectivity index (χ1n) is 3.92. The van der Waals surface area contributed by atoms with E-state index in [-0.39, 0.29) is 11.2 Å². The summed E-state index contributed by atoms with van der Waals surface area (Å²) in [7, 11) is 3.68. The second-order valence-electron chi connectivity index (χ2n) is 2.99. The largest absolute Gasteiger partial charge is 0.295 e. The zero-order valence-electron chi connectivity index (χ0n) is 7.64. The highest BCUT2D eigenvalue weighted by atomic mass is 32.1. The molecule has 4 heteroatoms. The SMILES string of the molecule is CN(C)C(C(=O)S)c1cccnc1. The minimum Gasteiger partial charge on any atom is -0.295 e. The number of likely N-dealkylation sites (N-methyl/N-ethyl adjacent to an activating group) is 1. The Bertz CT molecular complexity index is 287. The van der Waals surface area contributed by atoms with Crippen molar-refractivity contribution in [3.05, 3.63) is 30.1 Å². The van der Waals surface area contributed by atoms with Gasteiger partial charge < -0.3 is 0 Å². The topological polar surface area (TPSA) is 33.2 Å². The van der Waals surface area contributed by atoms with Crippen LogP contribution in [0.1, 0.15) is 11.6 Å². The van der Waals surface area contributed by atoms with E-state index >= 15 is 0 Å². The van der Waals surface area contributed by atoms with Gasteiger partial charge in [-0.25, -0.2) is 0 Å². The number of carbonyl (C=O) groups is 1. The van der Waals surface area contributed by atoms with Crippen molar-refractivity contribution in [1.29, 1.82) is 0 Å². The molecule has 0 aliphatic rings. The van der Waals surface area contributed by atoms with E-state index < -0.39 is 0 Å². The van der Waals surface area contributed by atoms with Crippen LogP contribution in [0.2, 0.25) is 0 Å². The molecule has 1 heterocycles. The van der Waals surface area contributed by atoms with E-state index in [1.165, 1.54) is 0 Å². The summed E-state index contributed by atoms with van der Waals surface area (Å²) in [5, 5.41) is -0.169. The molecule has 0 aliphatic heterocycles. The molecule has 0 N–H and O–H groups in total. The summed E-state index contributed by atoms with van der Waals surface area (Å²) < 4.78 is 0. The van der Waals surface area contributed by atoms with Crippen molar-refractivity contribution in [2.24, 2.45) is 0 Å². The Morgan fingerprint density at radius 3 is 2.69 bits per heavy atom. The maximum atomic E-state index is 11.2. The normalized spacial score (nSPS) is 12.9. The maximum absolute atomic E-state index is 11.2. The van der Waals surface area contributed by atoms with E-state index in [1.807, 2.05) is 31.1 Å². The van der Waals surface area contributed by atoms with Crippen LogP contribution >= 0.6 is 12.6 Å². The van der Waals surface area contributed by atoms with Crippen LogP contribution < -0.4 is 0 Å². The molecule has 70 valence electrons. The van der Waals surface area contributed by atoms with Gasteiger partial charge in [-0.1, -0.05) is 6.07 Å². The summed E-state index contributed by atoms with van der Waals surface area (Å²) in [4.78, 5) is 16.9. The first-order valence-corrected chi connectivity index (χ1v) is 4.37. The van der Waals surface area contributed by atoms with Gasteiger partial charge in [-0.15, -0.1) is 12.6 Å². The summed E-state index contributed by atoms with van der Waals surface area (Å²) in [6, 6.07) is 3.37. The Hall–Kier alpha value is -0.870. The van der Waals surface area contributed by atoms with Gasteiger partial charge in [0.05, 0.1) is 0 Å². The monoisotopic (exact) mass is 196 g/mol. The molecule has 0 aromatic carbocycles. The van der Waals surface area contributed by atoms with Crippen LogP contribution in [-0.4, -0.2) is 29.1 Å². The van der Waals surface area contributed by atoms with Gasteiger partial charge in [0.25, 0.3) is 0 Å². The highest BCUT2D eigenvalue weighted by Crippen LogP contribution is 2.19. The Morgan fingerprint density at radius 1 is 1.62 bits per heavy atom. The summed E-state index contributed by atoms with van der Waals surface area (Å²) in [5.41, 5.74) is 0.868. The fourth-order valence-electron chi connectivity index (χ4n) is 1.20. The van der Waals surface area contributed by atoms with Crippen molar-refractivity contribution in [2.75, 3.05) is 14.1 Å². The lowest BCUT2D eigenvalue weighted by atomic mass is 10.1. The van der Waals surface area contributed by atoms with Gasteiger partial charge >= 0.3 is 0 Å². The Balaban J connectivity index is 2.96. The summed E-state index contributed by atoms with van der Waals surface area (Å²) >= 11 is 3.84. The molecular weight excluding hydrogens is 184 g/mol. The van der Waals surface area contributed by atoms with Gasteiger partial charge in [0.15, 0.2) is 0 Å². The molecule has 3 nitrogen and oxygen atoms in total. The summed E-state index contributed by atoms with van der Waals surface area (Å²) in [6.45, 7) is 0. The molecule has 1 aromatic rings. The van der Waals surface area contributed by atoms with E-state index in [1.54, 1.807) is 12.4 Å². The van der Waals surface area contributed by atoms with E-state index in [0.717, 1.165) is 5.56 Å². The van der Waals surface area contributed by atoms with Crippen molar-refractivity contribution in [2.45, 2.75) is 6.04 Å². The third kappa shape index (κ3) is 2.54. The molecule has 0 radical (unpaired) electrons. The number of carbonyl (C=O) groups excluding carboxylic acids is 1. The van der Waals surface area contributed by atoms with E-state index in [0.29, 0.717) is 0 Å². The molecule has 0 fully saturated rings. The third-order valence-corrected chi connectivity index (χ3v) is 2.00. The lowest BCUT2D eigenvalue weighted by molar-refractivity contribution is -0.114. The zero-order chi connectivity index (χ0) is 9.84. The molecule has 0 saturated carbocycles. The molecule has 1 unspecified atom stereocenters. The van der Waals surface area contributed by atoms with Gasteiger partial charge in [-0.3, -0.25) is 14.7 Å². The lowest BCUT2D eigenvalue weighted by Crippen LogP contribution is -2.24. The van der Waals surface area contributed by atoms with Gasteiger partial charge in [0, 0.05) is 12.4 Å². The molecule has 1 atom stereocenters. The molecule has 13 heavy (non-hydrogen) atoms. The second-order valence-corrected chi connectivity index (χ2v) is 3.43. The van der Waals surface area contributed by atoms with Gasteiger partial charge in [0.1, 0.15) is 6.04 Å². The quantitative estimate of drug-likeness (QED) is 0.736. The number of hydrogen-bond acceptors (Lipinski definition) is 3. The lowest BCUT2D eigenvalue weighted by Gasteiger charge is -2.20. The van der Waals surface area contributed by atoms with E-state index in [9.17, 15) is 4.79 Å². The van der Waals surface area contributed by atoms with Crippen LogP contribution in [0, 0.1) is 0 Å². The number of rotatable bonds is 3. The average Bonchev–Trinajstić information content (AvgIpc) is 2.04. The fourth-order valence-corrected chi connectivity index (χ4v) is 1.58. The van der Waals surface area contributed by atoms with Gasteiger partial charge in [-0.2, -0.15) is 0 Å². The van der Waals surface area contributed by atoms with Crippen molar-refractivity contribution < 1.29 is 4.79 Å². The van der Waals surface area contributed by atoms with Crippen LogP contribution in [0.3, 0.4) is 0 Å². The smallest absolute Gasteiger partial charge is 0.207 e. The number of hydrogen-bond donors (Lipinski definition) is 1. The molecule has 1 rings (SSSR count). The van der Waals surface area contributed by atoms with Crippen LogP contribution in [0.4, 0.5) is 0 Å². The molecule has 1 aromatic heterocycles. The molecule has 0 spiro atoms. The first-order chi connectivity index (χ1) is 6.13. The van der Waals surface area contributed by atoms with Crippen molar-refractivity contribution in [1.82, 2.24) is 9.88 Å². The van der Waals surface area contributed by atoms with Crippen LogP contribution in [-0.2, 0) is 4.79 Å². The first kappa shape index (κ1) is 10.2. The fraction of sp³-hybridized carbons (Fsp3) is 0.333. The van der Waals surface area contributed by atoms with Gasteiger partial charge in [0.2, 0.25) is 5.12 Å². The van der Waals surface area contributed by atoms with E-state index in [4.69, 9.17) is 0 Å². The van der Waals surface area contributed by atoms with Gasteiger partial charge in [-0.05, 0) is 25.7 Å². The van der Waals surface area contributed by atoms with Crippen molar-refractivity contribution >= 4 is 17.7 Å². The highest BCUT2D eigenvalue weighted by molar-refractivity contribution is 7.96. The molecule has 0 amide bonds. The Morgan fingerprint density at radius 2 is 2.31 bits per heavy atom. The van der Waals surface area contributed by atoms with Crippen LogP contribution in [0.25, 0.3) is 0 Å². The van der Waals surface area contributed by atoms with Crippen molar-refractivity contribution in [3.8, 4) is 0 Å². The maximum Gasteiger partial charge on any atom is 0.207 e. The number of pyridine rings is 1. The standard InChI is InChI=1S/C9H12N2OS/c1-11(2)8(9(12)13)7-4-3-5-10-6-7/h3-6,8H,1-2H3,(H,12,13). The minimum absolute atomic E-state index is 0.169. The third-order valence-electron chi connectivity index (χ3n) is 1.75. The molecule has 0 saturated heterocycles. The molecular formula is C9H12N2OS. The predicted octanol–water partition coefficient (Wildman–Crippen LogP) is 1.14. The second kappa shape index (κ2) is 4.39. The zero-order valence-corrected chi connectivity index (χ0v) is 8.53. The Labute approximate surface area is 83.2 Å². The Kier molecular flexibility index (Phi) is 3.45. The highest BCUT2D eigenvalue weighted by Gasteiger charge is 2.19. The van der Waals surface area contributed by atoms with Crippen LogP contribution in [0.5, 0.6) is 0 Å². The summed E-state index contributed by atoms with van der Waals surface area (Å²) in [6.07, 6.45) is 3.36. The number of nitrogens with zero attached hydrogens (tertiary/aromatic N) is 2. The van der Waals surface area contributed by atoms with Crippen molar-refractivity contribution in [3.63, 3.8) is 0 Å². The van der Waals surface area contributed by atoms with Crippen LogP contribution in [0.15, 0.2) is 24.5 Å². The predicted molar refractivity (Wildman–Crippen MR) is 54.7 cm³/mol. The number of aromatic nitrogens is 1. The summed E-state index contributed by atoms with van der Waals surface area (Å²) in [5.74, 6) is 0. The minimum atomic E-state index is -0.308.